The van der Waals surface area contributed by atoms with Crippen LogP contribution in [0.15, 0.2) is 0 Å². The summed E-state index contributed by atoms with van der Waals surface area (Å²) in [7, 11) is 0. The van der Waals surface area contributed by atoms with Gasteiger partial charge in [-0.05, 0) is 62.7 Å². The summed E-state index contributed by atoms with van der Waals surface area (Å²) in [5, 5.41) is 19.9. The number of ether oxygens (including phenoxy) is 1. The van der Waals surface area contributed by atoms with Gasteiger partial charge in [0.2, 0.25) is 0 Å². The summed E-state index contributed by atoms with van der Waals surface area (Å²) in [4.78, 5) is 11.3. The van der Waals surface area contributed by atoms with Crippen molar-refractivity contribution >= 4 is 5.97 Å². The number of rotatable bonds is 2. The van der Waals surface area contributed by atoms with Crippen LogP contribution in [0.4, 0.5) is 0 Å². The zero-order valence-corrected chi connectivity index (χ0v) is 15.9. The maximum absolute atomic E-state index is 11.3. The second-order valence-electron chi connectivity index (χ2n) is 9.84. The van der Waals surface area contributed by atoms with Crippen LogP contribution < -0.4 is 0 Å². The Hall–Kier alpha value is -0.610. The van der Waals surface area contributed by atoms with E-state index in [1.807, 2.05) is 6.92 Å². The first-order valence-corrected chi connectivity index (χ1v) is 9.57. The van der Waals surface area contributed by atoms with Crippen molar-refractivity contribution in [3.05, 3.63) is 0 Å². The van der Waals surface area contributed by atoms with Gasteiger partial charge in [-0.3, -0.25) is 4.79 Å². The SMILES string of the molecule is C[C@H]1CC[C@H]2C(C)(C)[C@H](O)CC[C@]2(C)[C@@]12CC[C@](C)(CC(=O)O)O2. The van der Waals surface area contributed by atoms with Crippen molar-refractivity contribution in [1.82, 2.24) is 0 Å². The zero-order chi connectivity index (χ0) is 18.0. The van der Waals surface area contributed by atoms with Gasteiger partial charge in [0.25, 0.3) is 0 Å². The van der Waals surface area contributed by atoms with Crippen molar-refractivity contribution in [2.24, 2.45) is 22.7 Å². The monoisotopic (exact) mass is 338 g/mol. The van der Waals surface area contributed by atoms with Gasteiger partial charge in [-0.15, -0.1) is 0 Å². The molecule has 0 aromatic carbocycles. The second-order valence-corrected chi connectivity index (χ2v) is 9.84. The van der Waals surface area contributed by atoms with Gasteiger partial charge in [0.05, 0.1) is 23.7 Å². The Balaban J connectivity index is 1.99. The van der Waals surface area contributed by atoms with E-state index in [1.54, 1.807) is 0 Å². The van der Waals surface area contributed by atoms with Crippen molar-refractivity contribution in [2.75, 3.05) is 0 Å². The Morgan fingerprint density at radius 1 is 1.08 bits per heavy atom. The Bertz CT molecular complexity index is 530. The molecule has 2 aliphatic carbocycles. The minimum atomic E-state index is -0.779. The van der Waals surface area contributed by atoms with E-state index >= 15 is 0 Å². The molecule has 138 valence electrons. The number of aliphatic hydroxyl groups is 1. The summed E-state index contributed by atoms with van der Waals surface area (Å²) >= 11 is 0. The molecule has 3 fully saturated rings. The van der Waals surface area contributed by atoms with Gasteiger partial charge in [-0.25, -0.2) is 0 Å². The molecular weight excluding hydrogens is 304 g/mol. The minimum absolute atomic E-state index is 0.00363. The molecule has 2 saturated carbocycles. The summed E-state index contributed by atoms with van der Waals surface area (Å²) < 4.78 is 6.74. The Morgan fingerprint density at radius 2 is 1.75 bits per heavy atom. The van der Waals surface area contributed by atoms with Crippen LogP contribution in [0, 0.1) is 22.7 Å². The topological polar surface area (TPSA) is 66.8 Å². The molecule has 1 spiro atoms. The number of fused-ring (bicyclic) bond motifs is 2. The minimum Gasteiger partial charge on any atom is -0.481 e. The van der Waals surface area contributed by atoms with Crippen molar-refractivity contribution < 1.29 is 19.7 Å². The fourth-order valence-corrected chi connectivity index (χ4v) is 6.63. The van der Waals surface area contributed by atoms with Crippen molar-refractivity contribution in [2.45, 2.75) is 96.9 Å². The van der Waals surface area contributed by atoms with E-state index in [9.17, 15) is 15.0 Å². The van der Waals surface area contributed by atoms with Gasteiger partial charge >= 0.3 is 5.97 Å². The highest BCUT2D eigenvalue weighted by Gasteiger charge is 2.67. The summed E-state index contributed by atoms with van der Waals surface area (Å²) in [5.74, 6) is 0.0663. The first-order valence-electron chi connectivity index (χ1n) is 9.57. The van der Waals surface area contributed by atoms with Gasteiger partial charge < -0.3 is 14.9 Å². The summed E-state index contributed by atoms with van der Waals surface area (Å²) in [5.41, 5.74) is -0.929. The van der Waals surface area contributed by atoms with Crippen LogP contribution in [-0.2, 0) is 9.53 Å². The molecule has 24 heavy (non-hydrogen) atoms. The van der Waals surface area contributed by atoms with Gasteiger partial charge in [0, 0.05) is 5.41 Å². The highest BCUT2D eigenvalue weighted by atomic mass is 16.5. The lowest BCUT2D eigenvalue weighted by molar-refractivity contribution is -0.258. The molecule has 6 atom stereocenters. The number of carboxylic acid groups (broad SMARTS) is 1. The fourth-order valence-electron chi connectivity index (χ4n) is 6.63. The molecule has 1 aliphatic heterocycles. The molecule has 1 heterocycles. The summed E-state index contributed by atoms with van der Waals surface area (Å²) in [6.45, 7) is 11.0. The van der Waals surface area contributed by atoms with E-state index in [0.717, 1.165) is 38.5 Å². The van der Waals surface area contributed by atoms with Crippen LogP contribution in [0.1, 0.15) is 79.6 Å². The van der Waals surface area contributed by atoms with Gasteiger partial charge in [-0.1, -0.05) is 27.7 Å². The quantitative estimate of drug-likeness (QED) is 0.798. The summed E-state index contributed by atoms with van der Waals surface area (Å²) in [6, 6.07) is 0. The Labute approximate surface area is 146 Å². The summed E-state index contributed by atoms with van der Waals surface area (Å²) in [6.07, 6.45) is 5.58. The molecular formula is C20H34O4. The third kappa shape index (κ3) is 2.36. The van der Waals surface area contributed by atoms with E-state index in [1.165, 1.54) is 0 Å². The van der Waals surface area contributed by atoms with Gasteiger partial charge in [-0.2, -0.15) is 0 Å². The number of aliphatic carboxylic acids is 1. The average molecular weight is 338 g/mol. The van der Waals surface area contributed by atoms with Crippen molar-refractivity contribution in [3.8, 4) is 0 Å². The van der Waals surface area contributed by atoms with E-state index < -0.39 is 11.6 Å². The van der Waals surface area contributed by atoms with E-state index in [-0.39, 0.29) is 29.0 Å². The molecule has 3 rings (SSSR count). The molecule has 0 bridgehead atoms. The van der Waals surface area contributed by atoms with Crippen molar-refractivity contribution in [1.29, 1.82) is 0 Å². The number of carboxylic acids is 1. The molecule has 1 saturated heterocycles. The predicted molar refractivity (Wildman–Crippen MR) is 92.7 cm³/mol. The first-order chi connectivity index (χ1) is 11.0. The van der Waals surface area contributed by atoms with Crippen LogP contribution in [-0.4, -0.2) is 33.5 Å². The van der Waals surface area contributed by atoms with E-state index in [0.29, 0.717) is 11.8 Å². The number of hydrogen-bond donors (Lipinski definition) is 2. The second kappa shape index (κ2) is 5.44. The normalized spacial score (nSPS) is 50.7. The highest BCUT2D eigenvalue weighted by molar-refractivity contribution is 5.68. The molecule has 4 nitrogen and oxygen atoms in total. The Morgan fingerprint density at radius 3 is 2.38 bits per heavy atom. The molecule has 0 radical (unpaired) electrons. The molecule has 0 amide bonds. The van der Waals surface area contributed by atoms with Gasteiger partial charge in [0.15, 0.2) is 0 Å². The lowest BCUT2D eigenvalue weighted by Gasteiger charge is -2.64. The molecule has 3 aliphatic rings. The van der Waals surface area contributed by atoms with E-state index in [2.05, 4.69) is 27.7 Å². The number of aliphatic hydroxyl groups excluding tert-OH is 1. The highest BCUT2D eigenvalue weighted by Crippen LogP contribution is 2.67. The van der Waals surface area contributed by atoms with Crippen molar-refractivity contribution in [3.63, 3.8) is 0 Å². The molecule has 2 N–H and O–H groups in total. The maximum Gasteiger partial charge on any atom is 0.306 e. The van der Waals surface area contributed by atoms with Crippen LogP contribution in [0.25, 0.3) is 0 Å². The lowest BCUT2D eigenvalue weighted by atomic mass is 9.44. The molecule has 0 unspecified atom stereocenters. The first kappa shape index (κ1) is 18.2. The molecule has 0 aromatic heterocycles. The smallest absolute Gasteiger partial charge is 0.306 e. The molecule has 0 aromatic rings. The number of carbonyl (C=O) groups is 1. The number of hydrogen-bond acceptors (Lipinski definition) is 3. The largest absolute Gasteiger partial charge is 0.481 e. The van der Waals surface area contributed by atoms with Gasteiger partial charge in [0.1, 0.15) is 0 Å². The van der Waals surface area contributed by atoms with Crippen LogP contribution in [0.5, 0.6) is 0 Å². The third-order valence-electron chi connectivity index (χ3n) is 8.09. The van der Waals surface area contributed by atoms with Crippen LogP contribution in [0.3, 0.4) is 0 Å². The third-order valence-corrected chi connectivity index (χ3v) is 8.09. The average Bonchev–Trinajstić information content (AvgIpc) is 2.80. The van der Waals surface area contributed by atoms with Crippen LogP contribution in [0.2, 0.25) is 0 Å². The van der Waals surface area contributed by atoms with Crippen LogP contribution >= 0.6 is 0 Å². The van der Waals surface area contributed by atoms with E-state index in [4.69, 9.17) is 4.74 Å². The standard InChI is InChI=1S/C20H34O4/c1-13-6-7-14-17(2,3)15(21)8-9-19(14,5)20(13)11-10-18(4,24-20)12-16(22)23/h13-15,21H,6-12H2,1-5H3,(H,22,23)/t13-,14-,15+,18+,19-,20+/m0/s1. The molecule has 4 heteroatoms. The Kier molecular flexibility index (Phi) is 4.12. The predicted octanol–water partition coefficient (Wildman–Crippen LogP) is 4.00. The zero-order valence-electron chi connectivity index (χ0n) is 15.9. The fraction of sp³-hybridized carbons (Fsp3) is 0.950. The maximum atomic E-state index is 11.3. The lowest BCUT2D eigenvalue weighted by Crippen LogP contribution is -2.65.